The molecule has 1 aromatic heterocycles. The Labute approximate surface area is 107 Å². The molecule has 1 aliphatic rings. The first-order valence-electron chi connectivity index (χ1n) is 6.02. The third kappa shape index (κ3) is 2.68. The molecule has 0 saturated carbocycles. The summed E-state index contributed by atoms with van der Waals surface area (Å²) in [5, 5.41) is -0.666. The molecule has 6 nitrogen and oxygen atoms in total. The van der Waals surface area contributed by atoms with Crippen molar-refractivity contribution in [3.8, 4) is 0 Å². The molecule has 18 heavy (non-hydrogen) atoms. The third-order valence-corrected chi connectivity index (χ3v) is 5.52. The van der Waals surface area contributed by atoms with Crippen molar-refractivity contribution in [3.63, 3.8) is 0 Å². The second kappa shape index (κ2) is 5.29. The predicted molar refractivity (Wildman–Crippen MR) is 68.1 cm³/mol. The van der Waals surface area contributed by atoms with Gasteiger partial charge in [-0.2, -0.15) is 0 Å². The van der Waals surface area contributed by atoms with E-state index in [-0.39, 0.29) is 6.04 Å². The zero-order valence-electron chi connectivity index (χ0n) is 10.4. The maximum atomic E-state index is 12.4. The third-order valence-electron chi connectivity index (χ3n) is 3.30. The van der Waals surface area contributed by atoms with Gasteiger partial charge < -0.3 is 5.73 Å². The molecule has 0 aliphatic carbocycles. The van der Waals surface area contributed by atoms with Crippen LogP contribution in [0.2, 0.25) is 0 Å². The van der Waals surface area contributed by atoms with E-state index in [2.05, 4.69) is 9.97 Å². The van der Waals surface area contributed by atoms with E-state index in [1.807, 2.05) is 0 Å². The van der Waals surface area contributed by atoms with Crippen molar-refractivity contribution < 1.29 is 8.42 Å². The standard InChI is InChI=1S/C11H18N4O2S/c1-9(11-8-13-4-5-14-11)18(16,17)15-6-2-10(12)3-7-15/h4-5,8-10H,2-3,6-7,12H2,1H3/t9-/m1/s1. The summed E-state index contributed by atoms with van der Waals surface area (Å²) >= 11 is 0. The van der Waals surface area contributed by atoms with Gasteiger partial charge in [-0.15, -0.1) is 0 Å². The molecule has 0 unspecified atom stereocenters. The first kappa shape index (κ1) is 13.4. The Kier molecular flexibility index (Phi) is 3.94. The summed E-state index contributed by atoms with van der Waals surface area (Å²) in [7, 11) is -3.36. The van der Waals surface area contributed by atoms with Crippen LogP contribution < -0.4 is 5.73 Å². The normalized spacial score (nSPS) is 20.8. The maximum Gasteiger partial charge on any atom is 0.222 e. The minimum absolute atomic E-state index is 0.114. The number of piperidine rings is 1. The quantitative estimate of drug-likeness (QED) is 0.852. The van der Waals surface area contributed by atoms with Crippen molar-refractivity contribution in [2.45, 2.75) is 31.1 Å². The fourth-order valence-corrected chi connectivity index (χ4v) is 3.62. The molecule has 2 N–H and O–H groups in total. The molecule has 0 amide bonds. The number of rotatable bonds is 3. The van der Waals surface area contributed by atoms with E-state index in [4.69, 9.17) is 5.73 Å². The summed E-state index contributed by atoms with van der Waals surface area (Å²) in [6.07, 6.45) is 5.97. The van der Waals surface area contributed by atoms with Crippen LogP contribution in [0.4, 0.5) is 0 Å². The average Bonchev–Trinajstić information content (AvgIpc) is 2.39. The topological polar surface area (TPSA) is 89.2 Å². The van der Waals surface area contributed by atoms with Crippen LogP contribution in [-0.4, -0.2) is 41.8 Å². The van der Waals surface area contributed by atoms with Crippen LogP contribution in [0.15, 0.2) is 18.6 Å². The monoisotopic (exact) mass is 270 g/mol. The lowest BCUT2D eigenvalue weighted by atomic mass is 10.1. The van der Waals surface area contributed by atoms with Crippen molar-refractivity contribution in [2.24, 2.45) is 5.73 Å². The highest BCUT2D eigenvalue weighted by Crippen LogP contribution is 2.25. The van der Waals surface area contributed by atoms with E-state index in [1.165, 1.54) is 22.9 Å². The summed E-state index contributed by atoms with van der Waals surface area (Å²) in [5.41, 5.74) is 6.26. The summed E-state index contributed by atoms with van der Waals surface area (Å²) in [4.78, 5) is 7.97. The Balaban J connectivity index is 2.16. The van der Waals surface area contributed by atoms with Gasteiger partial charge in [0.05, 0.1) is 5.69 Å². The minimum atomic E-state index is -3.36. The van der Waals surface area contributed by atoms with Crippen LogP contribution in [-0.2, 0) is 10.0 Å². The Bertz CT molecular complexity index is 483. The SMILES string of the molecule is C[C@H](c1cnccn1)S(=O)(=O)N1CCC(N)CC1. The van der Waals surface area contributed by atoms with Gasteiger partial charge in [-0.05, 0) is 19.8 Å². The molecule has 2 heterocycles. The van der Waals surface area contributed by atoms with Gasteiger partial charge in [0.1, 0.15) is 5.25 Å². The predicted octanol–water partition coefficient (Wildman–Crippen LogP) is 0.290. The molecule has 2 rings (SSSR count). The van der Waals surface area contributed by atoms with Crippen LogP contribution in [0.5, 0.6) is 0 Å². The molecule has 1 aromatic rings. The number of sulfonamides is 1. The van der Waals surface area contributed by atoms with Gasteiger partial charge in [-0.1, -0.05) is 0 Å². The number of hydrogen-bond acceptors (Lipinski definition) is 5. The maximum absolute atomic E-state index is 12.4. The largest absolute Gasteiger partial charge is 0.328 e. The number of nitrogens with two attached hydrogens (primary N) is 1. The molecule has 1 saturated heterocycles. The van der Waals surface area contributed by atoms with E-state index in [0.717, 1.165) is 0 Å². The van der Waals surface area contributed by atoms with Crippen LogP contribution in [0.25, 0.3) is 0 Å². The summed E-state index contributed by atoms with van der Waals surface area (Å²) in [6, 6.07) is 0.114. The second-order valence-electron chi connectivity index (χ2n) is 4.55. The Morgan fingerprint density at radius 3 is 2.61 bits per heavy atom. The molecule has 100 valence electrons. The minimum Gasteiger partial charge on any atom is -0.328 e. The lowest BCUT2D eigenvalue weighted by Gasteiger charge is -2.31. The van der Waals surface area contributed by atoms with Gasteiger partial charge in [-0.3, -0.25) is 9.97 Å². The van der Waals surface area contributed by atoms with Crippen molar-refractivity contribution in [1.29, 1.82) is 0 Å². The smallest absolute Gasteiger partial charge is 0.222 e. The molecule has 0 radical (unpaired) electrons. The lowest BCUT2D eigenvalue weighted by molar-refractivity contribution is 0.317. The summed E-state index contributed by atoms with van der Waals surface area (Å²) in [6.45, 7) is 2.64. The van der Waals surface area contributed by atoms with Crippen molar-refractivity contribution in [3.05, 3.63) is 24.3 Å². The Morgan fingerprint density at radius 2 is 2.06 bits per heavy atom. The molecule has 0 bridgehead atoms. The van der Waals surface area contributed by atoms with E-state index in [1.54, 1.807) is 6.92 Å². The summed E-state index contributed by atoms with van der Waals surface area (Å²) < 4.78 is 26.3. The van der Waals surface area contributed by atoms with Crippen LogP contribution >= 0.6 is 0 Å². The zero-order valence-corrected chi connectivity index (χ0v) is 11.2. The molecular formula is C11H18N4O2S. The Morgan fingerprint density at radius 1 is 1.39 bits per heavy atom. The number of nitrogens with zero attached hydrogens (tertiary/aromatic N) is 3. The van der Waals surface area contributed by atoms with E-state index in [9.17, 15) is 8.42 Å². The molecule has 0 aromatic carbocycles. The highest BCUT2D eigenvalue weighted by molar-refractivity contribution is 7.89. The molecule has 1 atom stereocenters. The van der Waals surface area contributed by atoms with Gasteiger partial charge >= 0.3 is 0 Å². The van der Waals surface area contributed by atoms with Gasteiger partial charge in [0.25, 0.3) is 0 Å². The fourth-order valence-electron chi connectivity index (χ4n) is 2.03. The van der Waals surface area contributed by atoms with Gasteiger partial charge in [0, 0.05) is 37.7 Å². The highest BCUT2D eigenvalue weighted by atomic mass is 32.2. The van der Waals surface area contributed by atoms with Crippen LogP contribution in [0, 0.1) is 0 Å². The first-order valence-corrected chi connectivity index (χ1v) is 7.52. The van der Waals surface area contributed by atoms with E-state index in [0.29, 0.717) is 31.6 Å². The first-order chi connectivity index (χ1) is 8.51. The Hall–Kier alpha value is -1.05. The van der Waals surface area contributed by atoms with Gasteiger partial charge in [0.15, 0.2) is 0 Å². The van der Waals surface area contributed by atoms with Crippen molar-refractivity contribution in [2.75, 3.05) is 13.1 Å². The van der Waals surface area contributed by atoms with Crippen molar-refractivity contribution in [1.82, 2.24) is 14.3 Å². The van der Waals surface area contributed by atoms with Crippen molar-refractivity contribution >= 4 is 10.0 Å². The molecule has 1 aliphatic heterocycles. The molecule has 0 spiro atoms. The average molecular weight is 270 g/mol. The van der Waals surface area contributed by atoms with Gasteiger partial charge in [0.2, 0.25) is 10.0 Å². The number of hydrogen-bond donors (Lipinski definition) is 1. The highest BCUT2D eigenvalue weighted by Gasteiger charge is 2.33. The lowest BCUT2D eigenvalue weighted by Crippen LogP contribution is -2.44. The molecule has 1 fully saturated rings. The van der Waals surface area contributed by atoms with E-state index >= 15 is 0 Å². The van der Waals surface area contributed by atoms with Gasteiger partial charge in [-0.25, -0.2) is 12.7 Å². The number of aromatic nitrogens is 2. The summed E-state index contributed by atoms with van der Waals surface area (Å²) in [5.74, 6) is 0. The zero-order chi connectivity index (χ0) is 13.2. The van der Waals surface area contributed by atoms with E-state index < -0.39 is 15.3 Å². The molecular weight excluding hydrogens is 252 g/mol. The van der Waals surface area contributed by atoms with Crippen LogP contribution in [0.1, 0.15) is 30.7 Å². The second-order valence-corrected chi connectivity index (χ2v) is 6.81. The van der Waals surface area contributed by atoms with Crippen LogP contribution in [0.3, 0.4) is 0 Å². The fraction of sp³-hybridized carbons (Fsp3) is 0.636. The molecule has 7 heteroatoms.